The van der Waals surface area contributed by atoms with Crippen molar-refractivity contribution in [2.24, 2.45) is 5.92 Å². The fourth-order valence-electron chi connectivity index (χ4n) is 3.51. The van der Waals surface area contributed by atoms with Crippen LogP contribution in [-0.4, -0.2) is 23.9 Å². The van der Waals surface area contributed by atoms with E-state index in [9.17, 15) is 4.79 Å². The maximum Gasteiger partial charge on any atom is 0.223 e. The van der Waals surface area contributed by atoms with Gasteiger partial charge in [0, 0.05) is 22.5 Å². The topological polar surface area (TPSA) is 32.3 Å². The number of likely N-dealkylation sites (tertiary alicyclic amines) is 1. The van der Waals surface area contributed by atoms with Gasteiger partial charge in [0.15, 0.2) is 0 Å². The monoisotopic (exact) mass is 404 g/mol. The fraction of sp³-hybridized carbons (Fsp3) is 0.409. The van der Waals surface area contributed by atoms with Gasteiger partial charge in [-0.25, -0.2) is 0 Å². The van der Waals surface area contributed by atoms with Gasteiger partial charge in [0.2, 0.25) is 5.91 Å². The normalized spacial score (nSPS) is 16.9. The molecule has 144 valence electrons. The first-order valence-corrected chi connectivity index (χ1v) is 10.2. The van der Waals surface area contributed by atoms with Gasteiger partial charge >= 0.3 is 0 Å². The lowest BCUT2D eigenvalue weighted by Crippen LogP contribution is -2.40. The number of nitrogens with one attached hydrogen (secondary N) is 1. The van der Waals surface area contributed by atoms with Gasteiger partial charge in [0.05, 0.1) is 6.04 Å². The van der Waals surface area contributed by atoms with Crippen LogP contribution < -0.4 is 5.32 Å². The molecule has 1 unspecified atom stereocenters. The third-order valence-corrected chi connectivity index (χ3v) is 5.89. The number of aryl methyl sites for hydroxylation is 1. The van der Waals surface area contributed by atoms with Crippen LogP contribution in [-0.2, 0) is 11.3 Å². The minimum Gasteiger partial charge on any atom is -0.349 e. The largest absolute Gasteiger partial charge is 0.349 e. The lowest BCUT2D eigenvalue weighted by molar-refractivity contribution is -0.127. The van der Waals surface area contributed by atoms with Crippen LogP contribution in [0.2, 0.25) is 10.0 Å². The molecule has 0 aromatic heterocycles. The van der Waals surface area contributed by atoms with Gasteiger partial charge in [-0.1, -0.05) is 59.1 Å². The summed E-state index contributed by atoms with van der Waals surface area (Å²) < 4.78 is 0. The van der Waals surface area contributed by atoms with E-state index in [-0.39, 0.29) is 17.9 Å². The Morgan fingerprint density at radius 1 is 1.15 bits per heavy atom. The molecule has 1 saturated heterocycles. The molecule has 1 aliphatic heterocycles. The second-order valence-electron chi connectivity index (χ2n) is 7.43. The van der Waals surface area contributed by atoms with Crippen molar-refractivity contribution in [3.05, 3.63) is 69.2 Å². The smallest absolute Gasteiger partial charge is 0.223 e. The number of rotatable bonds is 5. The number of nitrogens with zero attached hydrogens (tertiary/aromatic N) is 1. The number of halogens is 2. The lowest BCUT2D eigenvalue weighted by Gasteiger charge is -2.32. The lowest BCUT2D eigenvalue weighted by atomic mass is 9.94. The van der Waals surface area contributed by atoms with Crippen LogP contribution >= 0.6 is 23.2 Å². The summed E-state index contributed by atoms with van der Waals surface area (Å²) in [6.45, 7) is 6.70. The van der Waals surface area contributed by atoms with Gasteiger partial charge in [-0.2, -0.15) is 0 Å². The Hall–Kier alpha value is -1.55. The molecule has 0 spiro atoms. The molecule has 0 radical (unpaired) electrons. The second-order valence-corrected chi connectivity index (χ2v) is 8.27. The van der Waals surface area contributed by atoms with Crippen LogP contribution in [0.1, 0.15) is 42.5 Å². The molecule has 1 amide bonds. The Bertz CT molecular complexity index is 783. The SMILES string of the molecule is Cc1ccc(C(C)NC(=O)C2CCN(Cc3ccc(Cl)cc3Cl)CC2)cc1. The molecule has 0 saturated carbocycles. The standard InChI is InChI=1S/C22H26Cl2N2O/c1-15-3-5-17(6-4-15)16(2)25-22(27)18-9-11-26(12-10-18)14-19-7-8-20(23)13-21(19)24/h3-8,13,16,18H,9-12,14H2,1-2H3,(H,25,27). The maximum absolute atomic E-state index is 12.6. The predicted molar refractivity (Wildman–Crippen MR) is 112 cm³/mol. The zero-order chi connectivity index (χ0) is 19.4. The molecular weight excluding hydrogens is 379 g/mol. The molecule has 1 aliphatic rings. The van der Waals surface area contributed by atoms with Crippen molar-refractivity contribution in [1.29, 1.82) is 0 Å². The van der Waals surface area contributed by atoms with Gasteiger partial charge in [-0.15, -0.1) is 0 Å². The Morgan fingerprint density at radius 2 is 1.81 bits per heavy atom. The van der Waals surface area contributed by atoms with E-state index in [1.165, 1.54) is 5.56 Å². The first-order chi connectivity index (χ1) is 12.9. The van der Waals surface area contributed by atoms with E-state index in [1.54, 1.807) is 6.07 Å². The molecule has 1 atom stereocenters. The minimum absolute atomic E-state index is 0.0315. The van der Waals surface area contributed by atoms with E-state index in [1.807, 2.05) is 19.1 Å². The van der Waals surface area contributed by atoms with Gasteiger partial charge < -0.3 is 5.32 Å². The maximum atomic E-state index is 12.6. The summed E-state index contributed by atoms with van der Waals surface area (Å²) in [7, 11) is 0. The van der Waals surface area contributed by atoms with E-state index in [4.69, 9.17) is 23.2 Å². The molecule has 0 bridgehead atoms. The van der Waals surface area contributed by atoms with Crippen molar-refractivity contribution in [2.45, 2.75) is 39.3 Å². The number of hydrogen-bond donors (Lipinski definition) is 1. The summed E-state index contributed by atoms with van der Waals surface area (Å²) in [5, 5.41) is 4.53. The highest BCUT2D eigenvalue weighted by Crippen LogP contribution is 2.25. The van der Waals surface area contributed by atoms with Gasteiger partial charge in [0.25, 0.3) is 0 Å². The van der Waals surface area contributed by atoms with E-state index < -0.39 is 0 Å². The fourth-order valence-corrected chi connectivity index (χ4v) is 3.98. The van der Waals surface area contributed by atoms with Crippen LogP contribution in [0.4, 0.5) is 0 Å². The van der Waals surface area contributed by atoms with Gasteiger partial charge in [0.1, 0.15) is 0 Å². The van der Waals surface area contributed by atoms with Crippen molar-refractivity contribution >= 4 is 29.1 Å². The van der Waals surface area contributed by atoms with Crippen LogP contribution in [0.5, 0.6) is 0 Å². The third kappa shape index (κ3) is 5.47. The Balaban J connectivity index is 1.49. The molecular formula is C22H26Cl2N2O. The molecule has 2 aromatic rings. The van der Waals surface area contributed by atoms with E-state index in [0.29, 0.717) is 10.0 Å². The highest BCUT2D eigenvalue weighted by molar-refractivity contribution is 6.35. The first kappa shape index (κ1) is 20.2. The van der Waals surface area contributed by atoms with Crippen LogP contribution in [0.25, 0.3) is 0 Å². The molecule has 1 N–H and O–H groups in total. The number of hydrogen-bond acceptors (Lipinski definition) is 2. The quantitative estimate of drug-likeness (QED) is 0.723. The van der Waals surface area contributed by atoms with Crippen LogP contribution in [0.15, 0.2) is 42.5 Å². The van der Waals surface area contributed by atoms with Gasteiger partial charge in [-0.3, -0.25) is 9.69 Å². The molecule has 1 fully saturated rings. The van der Waals surface area contributed by atoms with E-state index >= 15 is 0 Å². The van der Waals surface area contributed by atoms with Gasteiger partial charge in [-0.05, 0) is 63.0 Å². The molecule has 1 heterocycles. The molecule has 3 rings (SSSR count). The van der Waals surface area contributed by atoms with Crippen molar-refractivity contribution in [3.63, 3.8) is 0 Å². The summed E-state index contributed by atoms with van der Waals surface area (Å²) in [4.78, 5) is 15.0. The third-order valence-electron chi connectivity index (χ3n) is 5.30. The number of piperidine rings is 1. The summed E-state index contributed by atoms with van der Waals surface area (Å²) in [6.07, 6.45) is 1.75. The summed E-state index contributed by atoms with van der Waals surface area (Å²) in [5.41, 5.74) is 3.45. The van der Waals surface area contributed by atoms with E-state index in [0.717, 1.165) is 43.6 Å². The summed E-state index contributed by atoms with van der Waals surface area (Å²) in [5.74, 6) is 0.238. The van der Waals surface area contributed by atoms with Crippen LogP contribution in [0.3, 0.4) is 0 Å². The van der Waals surface area contributed by atoms with E-state index in [2.05, 4.69) is 41.4 Å². The molecule has 3 nitrogen and oxygen atoms in total. The molecule has 5 heteroatoms. The number of amides is 1. The number of carbonyl (C=O) groups is 1. The average Bonchev–Trinajstić information content (AvgIpc) is 2.65. The van der Waals surface area contributed by atoms with Crippen LogP contribution in [0, 0.1) is 12.8 Å². The highest BCUT2D eigenvalue weighted by Gasteiger charge is 2.26. The first-order valence-electron chi connectivity index (χ1n) is 9.45. The minimum atomic E-state index is 0.0315. The van der Waals surface area contributed by atoms with Crippen molar-refractivity contribution in [2.75, 3.05) is 13.1 Å². The Morgan fingerprint density at radius 3 is 2.44 bits per heavy atom. The zero-order valence-corrected chi connectivity index (χ0v) is 17.4. The summed E-state index contributed by atoms with van der Waals surface area (Å²) in [6, 6.07) is 14.0. The molecule has 0 aliphatic carbocycles. The number of benzene rings is 2. The average molecular weight is 405 g/mol. The second kappa shape index (κ2) is 9.09. The van der Waals surface area contributed by atoms with Crippen molar-refractivity contribution in [1.82, 2.24) is 10.2 Å². The molecule has 2 aromatic carbocycles. The summed E-state index contributed by atoms with van der Waals surface area (Å²) >= 11 is 12.2. The Kier molecular flexibility index (Phi) is 6.80. The Labute approximate surface area is 171 Å². The highest BCUT2D eigenvalue weighted by atomic mass is 35.5. The predicted octanol–water partition coefficient (Wildman–Crippen LogP) is 5.39. The van der Waals surface area contributed by atoms with Crippen molar-refractivity contribution in [3.8, 4) is 0 Å². The van der Waals surface area contributed by atoms with Crippen molar-refractivity contribution < 1.29 is 4.79 Å². The number of carbonyl (C=O) groups excluding carboxylic acids is 1. The zero-order valence-electron chi connectivity index (χ0n) is 15.8. The molecule has 27 heavy (non-hydrogen) atoms.